The van der Waals surface area contributed by atoms with Gasteiger partial charge in [-0.05, 0) is 40.5 Å². The van der Waals surface area contributed by atoms with Crippen LogP contribution in [0.1, 0.15) is 66.2 Å². The molecule has 6 nitrogen and oxygen atoms in total. The predicted octanol–water partition coefficient (Wildman–Crippen LogP) is 3.24. The Bertz CT molecular complexity index is 435. The summed E-state index contributed by atoms with van der Waals surface area (Å²) in [7, 11) is 0. The van der Waals surface area contributed by atoms with E-state index < -0.39 is 23.7 Å². The van der Waals surface area contributed by atoms with E-state index in [1.54, 1.807) is 27.7 Å². The molecule has 6 heteroatoms. The molecular weight excluding hydrogens is 298 g/mol. The minimum atomic E-state index is -0.979. The molecule has 132 valence electrons. The van der Waals surface area contributed by atoms with Crippen LogP contribution >= 0.6 is 0 Å². The molecule has 1 amide bonds. The molecule has 0 saturated heterocycles. The first-order valence-corrected chi connectivity index (χ1v) is 8.34. The lowest BCUT2D eigenvalue weighted by atomic mass is 10.00. The van der Waals surface area contributed by atoms with Crippen LogP contribution in [0.15, 0.2) is 0 Å². The molecule has 1 fully saturated rings. The smallest absolute Gasteiger partial charge is 0.410 e. The van der Waals surface area contributed by atoms with Gasteiger partial charge in [-0.2, -0.15) is 0 Å². The number of hydrogen-bond donors (Lipinski definition) is 1. The molecule has 1 saturated carbocycles. The van der Waals surface area contributed by atoms with Crippen molar-refractivity contribution < 1.29 is 24.2 Å². The molecule has 0 heterocycles. The Morgan fingerprint density at radius 2 is 1.78 bits per heavy atom. The van der Waals surface area contributed by atoms with Crippen molar-refractivity contribution in [2.24, 2.45) is 5.92 Å². The van der Waals surface area contributed by atoms with Crippen LogP contribution in [0.2, 0.25) is 0 Å². The average Bonchev–Trinajstić information content (AvgIpc) is 2.89. The van der Waals surface area contributed by atoms with Gasteiger partial charge in [-0.3, -0.25) is 9.59 Å². The van der Waals surface area contributed by atoms with Crippen molar-refractivity contribution in [1.29, 1.82) is 0 Å². The second-order valence-corrected chi connectivity index (χ2v) is 7.32. The fourth-order valence-corrected chi connectivity index (χ4v) is 2.86. The van der Waals surface area contributed by atoms with Crippen molar-refractivity contribution in [1.82, 2.24) is 4.90 Å². The highest BCUT2D eigenvalue weighted by molar-refractivity contribution is 5.82. The van der Waals surface area contributed by atoms with Crippen LogP contribution < -0.4 is 0 Å². The Kier molecular flexibility index (Phi) is 7.03. The molecular formula is C17H29NO5. The Morgan fingerprint density at radius 3 is 2.26 bits per heavy atom. The van der Waals surface area contributed by atoms with E-state index in [1.807, 2.05) is 0 Å². The summed E-state index contributed by atoms with van der Waals surface area (Å²) in [5.41, 5.74) is -0.659. The van der Waals surface area contributed by atoms with Gasteiger partial charge < -0.3 is 14.7 Å². The zero-order valence-electron chi connectivity index (χ0n) is 14.6. The topological polar surface area (TPSA) is 83.9 Å². The minimum Gasteiger partial charge on any atom is -0.481 e. The number of carbonyl (C=O) groups excluding carboxylic acids is 2. The number of amides is 1. The zero-order chi connectivity index (χ0) is 17.6. The van der Waals surface area contributed by atoms with Gasteiger partial charge in [0.25, 0.3) is 0 Å². The van der Waals surface area contributed by atoms with E-state index in [9.17, 15) is 14.4 Å². The minimum absolute atomic E-state index is 0.102. The molecule has 0 unspecified atom stereocenters. The Labute approximate surface area is 138 Å². The number of aliphatic carboxylic acids is 1. The van der Waals surface area contributed by atoms with Gasteiger partial charge in [0.2, 0.25) is 0 Å². The first-order valence-electron chi connectivity index (χ1n) is 8.34. The number of carbonyl (C=O) groups is 3. The fraction of sp³-hybridized carbons (Fsp3) is 0.824. The predicted molar refractivity (Wildman–Crippen MR) is 86.2 cm³/mol. The van der Waals surface area contributed by atoms with Crippen LogP contribution in [-0.4, -0.2) is 46.0 Å². The molecule has 0 spiro atoms. The summed E-state index contributed by atoms with van der Waals surface area (Å²) < 4.78 is 5.34. The van der Waals surface area contributed by atoms with E-state index >= 15 is 0 Å². The lowest BCUT2D eigenvalue weighted by molar-refractivity contribution is -0.138. The number of Topliss-reactive ketones (excluding diaryl/α,β-unsaturated/α-hetero) is 1. The first-order chi connectivity index (χ1) is 10.6. The molecule has 0 aromatic carbocycles. The maximum atomic E-state index is 12.3. The number of ketones is 1. The molecule has 0 aromatic rings. The van der Waals surface area contributed by atoms with Crippen molar-refractivity contribution in [3.63, 3.8) is 0 Å². The summed E-state index contributed by atoms with van der Waals surface area (Å²) in [4.78, 5) is 36.8. The molecule has 0 bridgehead atoms. The van der Waals surface area contributed by atoms with Gasteiger partial charge in [0.1, 0.15) is 11.4 Å². The van der Waals surface area contributed by atoms with E-state index in [2.05, 4.69) is 0 Å². The Morgan fingerprint density at radius 1 is 1.22 bits per heavy atom. The quantitative estimate of drug-likeness (QED) is 0.776. The molecule has 1 aliphatic rings. The van der Waals surface area contributed by atoms with Gasteiger partial charge in [0, 0.05) is 24.9 Å². The summed E-state index contributed by atoms with van der Waals surface area (Å²) in [6.07, 6.45) is 3.55. The molecule has 1 rings (SSSR count). The molecule has 1 N–H and O–H groups in total. The van der Waals surface area contributed by atoms with Crippen LogP contribution in [0.25, 0.3) is 0 Å². The third kappa shape index (κ3) is 7.01. The molecule has 1 atom stereocenters. The number of nitrogens with zero attached hydrogens (tertiary/aromatic N) is 1. The fourth-order valence-electron chi connectivity index (χ4n) is 2.86. The monoisotopic (exact) mass is 327 g/mol. The normalized spacial score (nSPS) is 16.9. The summed E-state index contributed by atoms with van der Waals surface area (Å²) in [6.45, 7) is 7.15. The zero-order valence-corrected chi connectivity index (χ0v) is 14.6. The maximum absolute atomic E-state index is 12.3. The van der Waals surface area contributed by atoms with Crippen LogP contribution in [-0.2, 0) is 14.3 Å². The summed E-state index contributed by atoms with van der Waals surface area (Å²) in [5.74, 6) is -0.711. The van der Waals surface area contributed by atoms with Crippen molar-refractivity contribution >= 4 is 17.8 Å². The molecule has 23 heavy (non-hydrogen) atoms. The second-order valence-electron chi connectivity index (χ2n) is 7.32. The highest BCUT2D eigenvalue weighted by atomic mass is 16.6. The molecule has 0 radical (unpaired) electrons. The molecule has 0 aliphatic heterocycles. The van der Waals surface area contributed by atoms with Gasteiger partial charge in [0.15, 0.2) is 0 Å². The maximum Gasteiger partial charge on any atom is 0.410 e. The van der Waals surface area contributed by atoms with Gasteiger partial charge in [-0.1, -0.05) is 12.8 Å². The second kappa shape index (κ2) is 8.31. The highest BCUT2D eigenvalue weighted by Gasteiger charge is 2.29. The van der Waals surface area contributed by atoms with Gasteiger partial charge in [0.05, 0.1) is 6.42 Å². The molecule has 1 aliphatic carbocycles. The van der Waals surface area contributed by atoms with E-state index in [-0.39, 0.29) is 31.1 Å². The number of ether oxygens (including phenoxy) is 1. The lowest BCUT2D eigenvalue weighted by Gasteiger charge is -2.31. The van der Waals surface area contributed by atoms with Crippen molar-refractivity contribution in [2.45, 2.75) is 77.9 Å². The van der Waals surface area contributed by atoms with E-state index in [1.165, 1.54) is 4.90 Å². The van der Waals surface area contributed by atoms with Gasteiger partial charge in [-0.15, -0.1) is 0 Å². The number of carboxylic acids is 1. The SMILES string of the molecule is C[C@@H](CC(=O)O)N(CCC(=O)C1CCCC1)C(=O)OC(C)(C)C. The highest BCUT2D eigenvalue weighted by Crippen LogP contribution is 2.26. The number of rotatable bonds is 7. The van der Waals surface area contributed by atoms with E-state index in [0.717, 1.165) is 25.7 Å². The third-order valence-corrected chi connectivity index (χ3v) is 4.04. The van der Waals surface area contributed by atoms with Crippen LogP contribution in [0.3, 0.4) is 0 Å². The van der Waals surface area contributed by atoms with Gasteiger partial charge >= 0.3 is 12.1 Å². The van der Waals surface area contributed by atoms with Crippen molar-refractivity contribution in [3.8, 4) is 0 Å². The van der Waals surface area contributed by atoms with Crippen LogP contribution in [0.5, 0.6) is 0 Å². The molecule has 0 aromatic heterocycles. The van der Waals surface area contributed by atoms with Crippen LogP contribution in [0.4, 0.5) is 4.79 Å². The van der Waals surface area contributed by atoms with Crippen LogP contribution in [0, 0.1) is 5.92 Å². The number of hydrogen-bond acceptors (Lipinski definition) is 4. The van der Waals surface area contributed by atoms with E-state index in [4.69, 9.17) is 9.84 Å². The van der Waals surface area contributed by atoms with E-state index in [0.29, 0.717) is 0 Å². The standard InChI is InChI=1S/C17H29NO5/c1-12(11-15(20)21)18(16(22)23-17(2,3)4)10-9-14(19)13-7-5-6-8-13/h12-13H,5-11H2,1-4H3,(H,20,21)/t12-/m0/s1. The summed E-state index contributed by atoms with van der Waals surface area (Å²) >= 11 is 0. The Hall–Kier alpha value is -1.59. The third-order valence-electron chi connectivity index (χ3n) is 4.04. The largest absolute Gasteiger partial charge is 0.481 e. The Balaban J connectivity index is 2.67. The van der Waals surface area contributed by atoms with Crippen molar-refractivity contribution in [3.05, 3.63) is 0 Å². The summed E-state index contributed by atoms with van der Waals surface area (Å²) in [5, 5.41) is 8.95. The van der Waals surface area contributed by atoms with Crippen molar-refractivity contribution in [2.75, 3.05) is 6.54 Å². The van der Waals surface area contributed by atoms with Gasteiger partial charge in [-0.25, -0.2) is 4.79 Å². The first kappa shape index (κ1) is 19.5. The lowest BCUT2D eigenvalue weighted by Crippen LogP contribution is -2.44. The number of carboxylic acid groups (broad SMARTS) is 1. The summed E-state index contributed by atoms with van der Waals surface area (Å²) in [6, 6.07) is -0.515. The average molecular weight is 327 g/mol.